The van der Waals surface area contributed by atoms with Gasteiger partial charge in [-0.15, -0.1) is 0 Å². The number of carbonyl (C=O) groups is 1. The van der Waals surface area contributed by atoms with Gasteiger partial charge in [0.1, 0.15) is 23.7 Å². The van der Waals surface area contributed by atoms with Crippen LogP contribution >= 0.6 is 0 Å². The van der Waals surface area contributed by atoms with Crippen LogP contribution in [0.1, 0.15) is 41.1 Å². The topological polar surface area (TPSA) is 87.6 Å². The fourth-order valence-corrected chi connectivity index (χ4v) is 3.29. The minimum Gasteiger partial charge on any atom is -0.467 e. The van der Waals surface area contributed by atoms with Gasteiger partial charge in [-0.25, -0.2) is 8.78 Å². The molecule has 156 valence electrons. The average molecular weight is 413 g/mol. The van der Waals surface area contributed by atoms with E-state index in [1.54, 1.807) is 24.6 Å². The number of furan rings is 1. The molecular formula is C22H23F2N4O2+. The van der Waals surface area contributed by atoms with Crippen LogP contribution in [0.3, 0.4) is 0 Å². The highest BCUT2D eigenvalue weighted by molar-refractivity contribution is 5.92. The van der Waals surface area contributed by atoms with Crippen LogP contribution in [0.4, 0.5) is 14.6 Å². The van der Waals surface area contributed by atoms with Crippen molar-refractivity contribution in [3.8, 4) is 6.07 Å². The zero-order valence-corrected chi connectivity index (χ0v) is 17.0. The van der Waals surface area contributed by atoms with Gasteiger partial charge in [-0.2, -0.15) is 5.26 Å². The average Bonchev–Trinajstić information content (AvgIpc) is 3.31. The Bertz CT molecular complexity index is 1100. The van der Waals surface area contributed by atoms with E-state index in [0.29, 0.717) is 29.2 Å². The molecule has 30 heavy (non-hydrogen) atoms. The number of halogens is 2. The lowest BCUT2D eigenvalue weighted by molar-refractivity contribution is -0.682. The minimum atomic E-state index is -0.919. The molecule has 2 heterocycles. The van der Waals surface area contributed by atoms with Gasteiger partial charge < -0.3 is 19.6 Å². The number of anilines is 1. The van der Waals surface area contributed by atoms with E-state index in [4.69, 9.17) is 4.42 Å². The van der Waals surface area contributed by atoms with Crippen molar-refractivity contribution in [1.29, 1.82) is 5.26 Å². The molecule has 1 atom stereocenters. The van der Waals surface area contributed by atoms with E-state index in [2.05, 4.69) is 11.4 Å². The first kappa shape index (κ1) is 21.3. The number of hydrogen-bond acceptors (Lipinski definition) is 3. The zero-order chi connectivity index (χ0) is 21.8. The van der Waals surface area contributed by atoms with Crippen LogP contribution in [-0.2, 0) is 11.3 Å². The molecule has 0 aliphatic heterocycles. The van der Waals surface area contributed by atoms with Crippen molar-refractivity contribution in [3.05, 3.63) is 76.4 Å². The third kappa shape index (κ3) is 4.42. The number of benzene rings is 1. The predicted molar refractivity (Wildman–Crippen MR) is 107 cm³/mol. The van der Waals surface area contributed by atoms with E-state index >= 15 is 0 Å². The fourth-order valence-electron chi connectivity index (χ4n) is 3.29. The second kappa shape index (κ2) is 8.93. The fraction of sp³-hybridized carbons (Fsp3) is 0.273. The van der Waals surface area contributed by atoms with Crippen LogP contribution < -0.4 is 10.6 Å². The molecule has 0 unspecified atom stereocenters. The Balaban J connectivity index is 1.73. The van der Waals surface area contributed by atoms with E-state index < -0.39 is 11.6 Å². The van der Waals surface area contributed by atoms with E-state index in [0.717, 1.165) is 23.4 Å². The lowest BCUT2D eigenvalue weighted by Gasteiger charge is -2.14. The van der Waals surface area contributed by atoms with Crippen molar-refractivity contribution < 1.29 is 23.3 Å². The molecule has 1 amide bonds. The molecule has 8 heteroatoms. The van der Waals surface area contributed by atoms with Crippen molar-refractivity contribution in [3.63, 3.8) is 0 Å². The minimum absolute atomic E-state index is 0.0507. The summed E-state index contributed by atoms with van der Waals surface area (Å²) in [7, 11) is 0. The summed E-state index contributed by atoms with van der Waals surface area (Å²) in [6, 6.07) is 9.20. The maximum Gasteiger partial charge on any atom is 0.280 e. The molecule has 0 fully saturated rings. The molecule has 0 saturated carbocycles. The van der Waals surface area contributed by atoms with E-state index in [1.807, 2.05) is 24.5 Å². The van der Waals surface area contributed by atoms with Crippen LogP contribution in [0, 0.1) is 36.8 Å². The molecule has 6 nitrogen and oxygen atoms in total. The van der Waals surface area contributed by atoms with Crippen LogP contribution in [-0.4, -0.2) is 17.0 Å². The van der Waals surface area contributed by atoms with Crippen molar-refractivity contribution in [1.82, 2.24) is 4.57 Å². The molecule has 3 N–H and O–H groups in total. The largest absolute Gasteiger partial charge is 0.467 e. The van der Waals surface area contributed by atoms with E-state index in [-0.39, 0.29) is 18.5 Å². The van der Waals surface area contributed by atoms with Gasteiger partial charge in [-0.05, 0) is 56.7 Å². The van der Waals surface area contributed by atoms with E-state index in [1.165, 1.54) is 6.07 Å². The number of nitrogens with one attached hydrogen (secondary N) is 1. The Morgan fingerprint density at radius 2 is 2.07 bits per heavy atom. The molecular weight excluding hydrogens is 390 g/mol. The molecule has 0 bridgehead atoms. The molecule has 2 aromatic heterocycles. The number of amides is 1. The molecule has 0 aliphatic rings. The third-order valence-corrected chi connectivity index (χ3v) is 5.22. The Kier molecular flexibility index (Phi) is 6.33. The Morgan fingerprint density at radius 1 is 1.30 bits per heavy atom. The number of rotatable bonds is 7. The summed E-state index contributed by atoms with van der Waals surface area (Å²) in [6.45, 7) is 5.95. The molecule has 0 radical (unpaired) electrons. The first-order valence-corrected chi connectivity index (χ1v) is 9.52. The number of nitrogens with zero attached hydrogens (tertiary/aromatic N) is 2. The van der Waals surface area contributed by atoms with E-state index in [9.17, 15) is 18.8 Å². The van der Waals surface area contributed by atoms with Crippen molar-refractivity contribution in [2.75, 3.05) is 11.9 Å². The van der Waals surface area contributed by atoms with Gasteiger partial charge in [0.05, 0.1) is 18.4 Å². The number of carbonyl (C=O) groups excluding carboxylic acids is 1. The van der Waals surface area contributed by atoms with Crippen LogP contribution in [0.25, 0.3) is 0 Å². The second-order valence-electron chi connectivity index (χ2n) is 7.16. The highest BCUT2D eigenvalue weighted by atomic mass is 19.2. The standard InChI is InChI=1S/C22H22F2N4O2/c1-13-15(3)28(12-17-5-4-8-30-17)22(18(13)10-25)27-21(29)11-26-14(2)16-6-7-19(23)20(24)9-16/h4-9,14,26H,11-12H2,1-3H3,(H,27,29)/p+1/t14-/m0/s1. The van der Waals surface area contributed by atoms with Gasteiger partial charge >= 0.3 is 0 Å². The number of nitrogens with two attached hydrogens (primary N) is 1. The maximum absolute atomic E-state index is 13.4. The molecule has 1 aromatic carbocycles. The quantitative estimate of drug-likeness (QED) is 0.624. The Labute approximate surface area is 173 Å². The second-order valence-corrected chi connectivity index (χ2v) is 7.16. The zero-order valence-electron chi connectivity index (χ0n) is 17.0. The number of quaternary nitrogens is 1. The molecule has 0 saturated heterocycles. The molecule has 0 aliphatic carbocycles. The van der Waals surface area contributed by atoms with Gasteiger partial charge in [0, 0.05) is 11.3 Å². The SMILES string of the molecule is Cc1c(C#N)c(NC(=O)C[NH2+][C@@H](C)c2ccc(F)c(F)c2)n(Cc2ccco2)c1C. The van der Waals surface area contributed by atoms with Crippen LogP contribution in [0.2, 0.25) is 0 Å². The summed E-state index contributed by atoms with van der Waals surface area (Å²) >= 11 is 0. The summed E-state index contributed by atoms with van der Waals surface area (Å²) < 4.78 is 33.8. The lowest BCUT2D eigenvalue weighted by Crippen LogP contribution is -2.86. The highest BCUT2D eigenvalue weighted by Crippen LogP contribution is 2.27. The Hall–Kier alpha value is -3.44. The first-order chi connectivity index (χ1) is 14.3. The number of hydrogen-bond donors (Lipinski definition) is 2. The normalized spacial score (nSPS) is 11.9. The summed E-state index contributed by atoms with van der Waals surface area (Å²) in [5, 5.41) is 14.1. The molecule has 3 rings (SSSR count). The summed E-state index contributed by atoms with van der Waals surface area (Å²) in [5.41, 5.74) is 2.63. The summed E-state index contributed by atoms with van der Waals surface area (Å²) in [6.07, 6.45) is 1.57. The van der Waals surface area contributed by atoms with Gasteiger partial charge in [0.15, 0.2) is 18.2 Å². The monoisotopic (exact) mass is 413 g/mol. The van der Waals surface area contributed by atoms with Crippen LogP contribution in [0.15, 0.2) is 41.0 Å². The maximum atomic E-state index is 13.4. The first-order valence-electron chi connectivity index (χ1n) is 9.52. The lowest BCUT2D eigenvalue weighted by atomic mass is 10.1. The summed E-state index contributed by atoms with van der Waals surface area (Å²) in [5.74, 6) is -1.01. The van der Waals surface area contributed by atoms with Gasteiger partial charge in [-0.1, -0.05) is 0 Å². The Morgan fingerprint density at radius 3 is 2.70 bits per heavy atom. The van der Waals surface area contributed by atoms with Crippen LogP contribution in [0.5, 0.6) is 0 Å². The van der Waals surface area contributed by atoms with Gasteiger partial charge in [-0.3, -0.25) is 4.79 Å². The van der Waals surface area contributed by atoms with Crippen molar-refractivity contribution in [2.24, 2.45) is 0 Å². The number of nitriles is 1. The van der Waals surface area contributed by atoms with Gasteiger partial charge in [0.2, 0.25) is 0 Å². The molecule has 3 aromatic rings. The smallest absolute Gasteiger partial charge is 0.280 e. The van der Waals surface area contributed by atoms with Crippen molar-refractivity contribution in [2.45, 2.75) is 33.4 Å². The summed E-state index contributed by atoms with van der Waals surface area (Å²) in [4.78, 5) is 12.6. The number of aromatic nitrogens is 1. The van der Waals surface area contributed by atoms with Crippen molar-refractivity contribution >= 4 is 11.7 Å². The molecule has 0 spiro atoms. The van der Waals surface area contributed by atoms with Gasteiger partial charge in [0.25, 0.3) is 5.91 Å². The third-order valence-electron chi connectivity index (χ3n) is 5.22. The predicted octanol–water partition coefficient (Wildman–Crippen LogP) is 3.16. The highest BCUT2D eigenvalue weighted by Gasteiger charge is 2.21.